The van der Waals surface area contributed by atoms with Crippen molar-refractivity contribution >= 4 is 21.6 Å². The fourth-order valence-electron chi connectivity index (χ4n) is 5.81. The fourth-order valence-corrected chi connectivity index (χ4v) is 6.96. The van der Waals surface area contributed by atoms with Crippen LogP contribution in [0.3, 0.4) is 0 Å². The number of sulfonamides is 1. The van der Waals surface area contributed by atoms with Gasteiger partial charge in [-0.25, -0.2) is 21.9 Å². The van der Waals surface area contributed by atoms with Crippen LogP contribution in [0.15, 0.2) is 76.4 Å². The van der Waals surface area contributed by atoms with Gasteiger partial charge in [0.1, 0.15) is 17.3 Å². The molecule has 0 spiro atoms. The zero-order valence-corrected chi connectivity index (χ0v) is 25.1. The van der Waals surface area contributed by atoms with Gasteiger partial charge in [-0.05, 0) is 68.7 Å². The molecule has 2 N–H and O–H groups in total. The number of para-hydroxylation sites is 1. The van der Waals surface area contributed by atoms with E-state index in [0.29, 0.717) is 29.8 Å². The predicted octanol–water partition coefficient (Wildman–Crippen LogP) is 5.55. The zero-order chi connectivity index (χ0) is 30.9. The second-order valence-electron chi connectivity index (χ2n) is 11.2. The van der Waals surface area contributed by atoms with Gasteiger partial charge in [0.15, 0.2) is 0 Å². The first kappa shape index (κ1) is 30.2. The zero-order valence-electron chi connectivity index (χ0n) is 24.3. The predicted molar refractivity (Wildman–Crippen MR) is 161 cm³/mol. The average molecular weight is 609 g/mol. The standard InChI is InChI=1S/C32H34F2N4O4S/c1-21-15-16-24(43(41,42)36-29-22(2)37(3)38(31(29)40)23-11-6-4-7-12-23)19-25(21)30(39)35-32(17-8-5-9-18-32)20-26-27(33)13-10-14-28(26)34/h4,6-7,10-16,19,36H,5,8-9,17-18,20H2,1-3H3,(H,35,39). The number of anilines is 1. The van der Waals surface area contributed by atoms with Crippen LogP contribution in [0, 0.1) is 25.5 Å². The second-order valence-corrected chi connectivity index (χ2v) is 12.9. The molecule has 5 rings (SSSR count). The molecule has 0 radical (unpaired) electrons. The summed E-state index contributed by atoms with van der Waals surface area (Å²) in [6.45, 7) is 3.32. The van der Waals surface area contributed by atoms with E-state index in [1.807, 2.05) is 6.07 Å². The van der Waals surface area contributed by atoms with Crippen LogP contribution < -0.4 is 15.6 Å². The summed E-state index contributed by atoms with van der Waals surface area (Å²) in [5.74, 6) is -1.87. The van der Waals surface area contributed by atoms with E-state index in [2.05, 4.69) is 10.0 Å². The number of nitrogens with one attached hydrogen (secondary N) is 2. The Hall–Kier alpha value is -4.25. The maximum Gasteiger partial charge on any atom is 0.296 e. The summed E-state index contributed by atoms with van der Waals surface area (Å²) in [6, 6.07) is 16.7. The summed E-state index contributed by atoms with van der Waals surface area (Å²) in [5.41, 5.74) is 0.00974. The quantitative estimate of drug-likeness (QED) is 0.274. The summed E-state index contributed by atoms with van der Waals surface area (Å²) in [7, 11) is -2.62. The molecule has 11 heteroatoms. The minimum Gasteiger partial charge on any atom is -0.346 e. The average Bonchev–Trinajstić information content (AvgIpc) is 3.18. The van der Waals surface area contributed by atoms with Crippen molar-refractivity contribution in [2.24, 2.45) is 7.05 Å². The van der Waals surface area contributed by atoms with Crippen molar-refractivity contribution in [1.82, 2.24) is 14.7 Å². The molecule has 0 aliphatic heterocycles. The van der Waals surface area contributed by atoms with E-state index in [-0.39, 0.29) is 28.1 Å². The number of carbonyl (C=O) groups is 1. The van der Waals surface area contributed by atoms with Gasteiger partial charge in [-0.1, -0.05) is 49.6 Å². The Kier molecular flexibility index (Phi) is 8.29. The van der Waals surface area contributed by atoms with Crippen molar-refractivity contribution in [1.29, 1.82) is 0 Å². The van der Waals surface area contributed by atoms with E-state index >= 15 is 0 Å². The summed E-state index contributed by atoms with van der Waals surface area (Å²) in [5, 5.41) is 3.02. The Morgan fingerprint density at radius 2 is 1.58 bits per heavy atom. The second kappa shape index (κ2) is 11.8. The number of carbonyl (C=O) groups excluding carboxylic acids is 1. The number of hydrogen-bond acceptors (Lipinski definition) is 4. The van der Waals surface area contributed by atoms with Gasteiger partial charge in [-0.2, -0.15) is 0 Å². The van der Waals surface area contributed by atoms with Crippen LogP contribution in [0.25, 0.3) is 5.69 Å². The molecular formula is C32H34F2N4O4S. The van der Waals surface area contributed by atoms with Gasteiger partial charge in [0.2, 0.25) is 0 Å². The molecule has 3 aromatic carbocycles. The summed E-state index contributed by atoms with van der Waals surface area (Å²) in [4.78, 5) is 26.8. The Bertz CT molecular complexity index is 1820. The number of aryl methyl sites for hydroxylation is 1. The number of nitrogens with zero attached hydrogens (tertiary/aromatic N) is 2. The van der Waals surface area contributed by atoms with E-state index in [0.717, 1.165) is 19.3 Å². The fraction of sp³-hybridized carbons (Fsp3) is 0.312. The molecule has 1 heterocycles. The van der Waals surface area contributed by atoms with Crippen molar-refractivity contribution in [3.63, 3.8) is 0 Å². The summed E-state index contributed by atoms with van der Waals surface area (Å²) in [6.07, 6.45) is 3.56. The van der Waals surface area contributed by atoms with Crippen LogP contribution in [-0.2, 0) is 23.5 Å². The van der Waals surface area contributed by atoms with Crippen LogP contribution in [-0.4, -0.2) is 29.2 Å². The van der Waals surface area contributed by atoms with Crippen LogP contribution in [0.1, 0.15) is 59.3 Å². The Labute approximate surface area is 249 Å². The Balaban J connectivity index is 1.45. The largest absolute Gasteiger partial charge is 0.346 e. The highest BCUT2D eigenvalue weighted by Crippen LogP contribution is 2.33. The molecule has 0 atom stereocenters. The third-order valence-electron chi connectivity index (χ3n) is 8.32. The van der Waals surface area contributed by atoms with E-state index in [1.54, 1.807) is 49.8 Å². The molecule has 43 heavy (non-hydrogen) atoms. The van der Waals surface area contributed by atoms with Gasteiger partial charge in [0.05, 0.1) is 16.3 Å². The molecule has 0 bridgehead atoms. The topological polar surface area (TPSA) is 102 Å². The van der Waals surface area contributed by atoms with Gasteiger partial charge in [-0.15, -0.1) is 0 Å². The monoisotopic (exact) mass is 608 g/mol. The molecule has 8 nitrogen and oxygen atoms in total. The highest BCUT2D eigenvalue weighted by atomic mass is 32.2. The molecule has 1 saturated carbocycles. The Morgan fingerprint density at radius 3 is 2.23 bits per heavy atom. The van der Waals surface area contributed by atoms with Crippen LogP contribution in [0.2, 0.25) is 0 Å². The van der Waals surface area contributed by atoms with E-state index in [1.165, 1.54) is 41.1 Å². The molecule has 1 fully saturated rings. The first-order valence-electron chi connectivity index (χ1n) is 14.2. The number of rotatable bonds is 8. The van der Waals surface area contributed by atoms with Gasteiger partial charge in [0.25, 0.3) is 21.5 Å². The number of benzene rings is 3. The molecule has 0 unspecified atom stereocenters. The van der Waals surface area contributed by atoms with E-state index in [9.17, 15) is 26.8 Å². The number of halogens is 2. The van der Waals surface area contributed by atoms with Crippen molar-refractivity contribution in [2.75, 3.05) is 4.72 Å². The molecule has 1 aromatic heterocycles. The maximum absolute atomic E-state index is 14.6. The minimum atomic E-state index is -4.28. The van der Waals surface area contributed by atoms with Crippen molar-refractivity contribution in [3.05, 3.63) is 111 Å². The lowest BCUT2D eigenvalue weighted by Gasteiger charge is -2.38. The van der Waals surface area contributed by atoms with Gasteiger partial charge >= 0.3 is 0 Å². The van der Waals surface area contributed by atoms with Gasteiger partial charge in [-0.3, -0.25) is 19.0 Å². The number of aromatic nitrogens is 2. The lowest BCUT2D eigenvalue weighted by molar-refractivity contribution is 0.0865. The number of hydrogen-bond donors (Lipinski definition) is 2. The SMILES string of the molecule is Cc1ccc(S(=O)(=O)Nc2c(C)n(C)n(-c3ccccc3)c2=O)cc1C(=O)NC1(Cc2c(F)cccc2F)CCCCC1. The molecule has 226 valence electrons. The maximum atomic E-state index is 14.6. The lowest BCUT2D eigenvalue weighted by Crippen LogP contribution is -2.51. The third-order valence-corrected chi connectivity index (χ3v) is 9.67. The van der Waals surface area contributed by atoms with Crippen LogP contribution in [0.4, 0.5) is 14.5 Å². The highest BCUT2D eigenvalue weighted by Gasteiger charge is 2.36. The highest BCUT2D eigenvalue weighted by molar-refractivity contribution is 7.92. The summed E-state index contributed by atoms with van der Waals surface area (Å²) >= 11 is 0. The van der Waals surface area contributed by atoms with Crippen LogP contribution in [0.5, 0.6) is 0 Å². The third kappa shape index (κ3) is 5.99. The lowest BCUT2D eigenvalue weighted by atomic mass is 9.77. The molecule has 1 aliphatic rings. The number of amides is 1. The van der Waals surface area contributed by atoms with Crippen LogP contribution >= 0.6 is 0 Å². The molecule has 4 aromatic rings. The smallest absolute Gasteiger partial charge is 0.296 e. The van der Waals surface area contributed by atoms with Crippen molar-refractivity contribution in [3.8, 4) is 5.69 Å². The molecular weight excluding hydrogens is 574 g/mol. The molecule has 0 saturated heterocycles. The first-order chi connectivity index (χ1) is 20.4. The Morgan fingerprint density at radius 1 is 0.930 bits per heavy atom. The van der Waals surface area contributed by atoms with Gasteiger partial charge in [0, 0.05) is 30.1 Å². The van der Waals surface area contributed by atoms with Crippen molar-refractivity contribution < 1.29 is 22.0 Å². The molecule has 1 aliphatic carbocycles. The van der Waals surface area contributed by atoms with E-state index in [4.69, 9.17) is 0 Å². The minimum absolute atomic E-state index is 0.0170. The first-order valence-corrected chi connectivity index (χ1v) is 15.6. The summed E-state index contributed by atoms with van der Waals surface area (Å²) < 4.78 is 61.6. The normalized spacial score (nSPS) is 14.8. The van der Waals surface area contributed by atoms with Crippen molar-refractivity contribution in [2.45, 2.75) is 62.8 Å². The molecule has 1 amide bonds. The van der Waals surface area contributed by atoms with Gasteiger partial charge < -0.3 is 5.32 Å². The van der Waals surface area contributed by atoms with E-state index < -0.39 is 38.7 Å².